The smallest absolute Gasteiger partial charge is 0.265 e. The minimum Gasteiger partial charge on any atom is -0.415 e. The first-order valence-electron chi connectivity index (χ1n) is 10.3. The van der Waals surface area contributed by atoms with Gasteiger partial charge in [0.15, 0.2) is 6.29 Å². The Morgan fingerprint density at radius 2 is 1.90 bits per heavy atom. The van der Waals surface area contributed by atoms with Gasteiger partial charge in [0.05, 0.1) is 19.8 Å². The fourth-order valence-electron chi connectivity index (χ4n) is 3.22. The van der Waals surface area contributed by atoms with Crippen molar-refractivity contribution in [3.8, 4) is 23.3 Å². The molecule has 156 valence electrons. The second kappa shape index (κ2) is 7.76. The van der Waals surface area contributed by atoms with Gasteiger partial charge in [-0.25, -0.2) is 5.84 Å². The molecular weight excluding hydrogens is 382 g/mol. The average Bonchev–Trinajstić information content (AvgIpc) is 3.67. The number of nitrogens with zero attached hydrogens (tertiary/aromatic N) is 3. The van der Waals surface area contributed by atoms with E-state index in [2.05, 4.69) is 22.0 Å². The van der Waals surface area contributed by atoms with Crippen molar-refractivity contribution >= 4 is 5.70 Å². The minimum atomic E-state index is -0.370. The first-order valence-corrected chi connectivity index (χ1v) is 10.3. The lowest BCUT2D eigenvalue weighted by Gasteiger charge is -2.31. The van der Waals surface area contributed by atoms with Gasteiger partial charge >= 0.3 is 0 Å². The number of hydrogen-bond acceptors (Lipinski definition) is 8. The summed E-state index contributed by atoms with van der Waals surface area (Å²) in [5.41, 5.74) is 8.40. The molecule has 4 N–H and O–H groups in total. The molecule has 3 fully saturated rings. The van der Waals surface area contributed by atoms with Crippen LogP contribution in [0.25, 0.3) is 17.2 Å². The van der Waals surface area contributed by atoms with Gasteiger partial charge in [-0.2, -0.15) is 0 Å². The quantitative estimate of drug-likeness (QED) is 0.440. The zero-order valence-corrected chi connectivity index (χ0v) is 16.7. The molecule has 2 aliphatic carbocycles. The van der Waals surface area contributed by atoms with Crippen molar-refractivity contribution < 1.29 is 13.9 Å². The topological polar surface area (TPSA) is 113 Å². The van der Waals surface area contributed by atoms with Crippen molar-refractivity contribution in [3.63, 3.8) is 0 Å². The second-order valence-corrected chi connectivity index (χ2v) is 8.37. The fourth-order valence-corrected chi connectivity index (χ4v) is 3.22. The summed E-state index contributed by atoms with van der Waals surface area (Å²) < 4.78 is 17.2. The molecule has 1 aromatic heterocycles. The van der Waals surface area contributed by atoms with E-state index in [0.29, 0.717) is 18.4 Å². The van der Waals surface area contributed by atoms with Crippen molar-refractivity contribution in [3.05, 3.63) is 41.9 Å². The molecule has 0 radical (unpaired) electrons. The lowest BCUT2D eigenvalue weighted by atomic mass is 10.1. The van der Waals surface area contributed by atoms with Crippen LogP contribution in [0.2, 0.25) is 0 Å². The summed E-state index contributed by atoms with van der Waals surface area (Å²) in [5.74, 6) is 13.6. The lowest BCUT2D eigenvalue weighted by molar-refractivity contribution is -0.211. The third-order valence-corrected chi connectivity index (χ3v) is 5.57. The Kier molecular flexibility index (Phi) is 4.95. The van der Waals surface area contributed by atoms with E-state index in [0.717, 1.165) is 24.3 Å². The van der Waals surface area contributed by atoms with Gasteiger partial charge in [0.1, 0.15) is 5.70 Å². The highest BCUT2D eigenvalue weighted by atomic mass is 16.7. The van der Waals surface area contributed by atoms with Gasteiger partial charge in [0, 0.05) is 28.7 Å². The van der Waals surface area contributed by atoms with E-state index in [-0.39, 0.29) is 23.3 Å². The van der Waals surface area contributed by atoms with Crippen LogP contribution in [-0.4, -0.2) is 41.3 Å². The van der Waals surface area contributed by atoms with E-state index in [1.54, 1.807) is 6.20 Å². The highest BCUT2D eigenvalue weighted by molar-refractivity contribution is 5.58. The third kappa shape index (κ3) is 4.49. The summed E-state index contributed by atoms with van der Waals surface area (Å²) in [4.78, 5) is 0. The largest absolute Gasteiger partial charge is 0.415 e. The summed E-state index contributed by atoms with van der Waals surface area (Å²) in [6.45, 7) is 1.81. The molecule has 0 amide bonds. The Morgan fingerprint density at radius 1 is 1.17 bits per heavy atom. The van der Waals surface area contributed by atoms with Gasteiger partial charge in [0.2, 0.25) is 5.89 Å². The number of benzene rings is 1. The number of ether oxygens (including phenoxy) is 2. The number of hydrazine groups is 1. The Morgan fingerprint density at radius 3 is 2.57 bits per heavy atom. The Bertz CT molecular complexity index is 986. The average molecular weight is 407 g/mol. The van der Waals surface area contributed by atoms with Gasteiger partial charge in [-0.3, -0.25) is 0 Å². The number of nitrogens with two attached hydrogens (primary N) is 2. The lowest BCUT2D eigenvalue weighted by Crippen LogP contribution is -2.42. The number of rotatable bonds is 5. The van der Waals surface area contributed by atoms with Crippen LogP contribution in [0.1, 0.15) is 37.1 Å². The molecule has 3 aliphatic rings. The van der Waals surface area contributed by atoms with Crippen molar-refractivity contribution in [1.29, 1.82) is 0 Å². The summed E-state index contributed by atoms with van der Waals surface area (Å²) >= 11 is 0. The van der Waals surface area contributed by atoms with Crippen molar-refractivity contribution in [2.45, 2.75) is 32.0 Å². The van der Waals surface area contributed by atoms with Crippen LogP contribution in [0, 0.1) is 23.2 Å². The molecule has 0 atom stereocenters. The predicted octanol–water partition coefficient (Wildman–Crippen LogP) is 2.08. The predicted molar refractivity (Wildman–Crippen MR) is 110 cm³/mol. The molecule has 0 bridgehead atoms. The van der Waals surface area contributed by atoms with Gasteiger partial charge in [-0.15, -0.1) is 10.2 Å². The van der Waals surface area contributed by atoms with Crippen LogP contribution in [-0.2, 0) is 9.47 Å². The molecule has 2 saturated carbocycles. The van der Waals surface area contributed by atoms with E-state index >= 15 is 0 Å². The normalized spacial score (nSPS) is 20.6. The van der Waals surface area contributed by atoms with Crippen LogP contribution in [0.3, 0.4) is 0 Å². The van der Waals surface area contributed by atoms with E-state index in [4.69, 9.17) is 25.5 Å². The maximum Gasteiger partial charge on any atom is 0.265 e. The molecule has 2 heterocycles. The third-order valence-electron chi connectivity index (χ3n) is 5.57. The molecule has 1 aliphatic heterocycles. The van der Waals surface area contributed by atoms with E-state index in [1.807, 2.05) is 24.3 Å². The van der Waals surface area contributed by atoms with Crippen LogP contribution in [0.4, 0.5) is 0 Å². The highest BCUT2D eigenvalue weighted by Gasteiger charge is 2.47. The molecule has 30 heavy (non-hydrogen) atoms. The summed E-state index contributed by atoms with van der Waals surface area (Å²) in [5, 5.41) is 9.53. The fraction of sp³-hybridized carbons (Fsp3) is 0.455. The van der Waals surface area contributed by atoms with Crippen molar-refractivity contribution in [2.75, 3.05) is 19.8 Å². The SMILES string of the molecule is N/C(=C\N(N)CC1OCC2(CC2)CO1)c1nnc(-c2ccc(C#CC3CC3)cc2)o1. The monoisotopic (exact) mass is 407 g/mol. The number of hydrogen-bond donors (Lipinski definition) is 2. The Labute approximate surface area is 175 Å². The Balaban J connectivity index is 1.19. The zero-order valence-electron chi connectivity index (χ0n) is 16.7. The molecule has 1 saturated heterocycles. The minimum absolute atomic E-state index is 0.209. The summed E-state index contributed by atoms with van der Waals surface area (Å²) in [6.07, 6.45) is 5.95. The molecule has 5 rings (SSSR count). The summed E-state index contributed by atoms with van der Waals surface area (Å²) in [6, 6.07) is 7.72. The molecule has 1 spiro atoms. The molecule has 8 nitrogen and oxygen atoms in total. The van der Waals surface area contributed by atoms with Crippen molar-refractivity contribution in [2.24, 2.45) is 22.9 Å². The van der Waals surface area contributed by atoms with Crippen molar-refractivity contribution in [1.82, 2.24) is 15.2 Å². The summed E-state index contributed by atoms with van der Waals surface area (Å²) in [7, 11) is 0. The molecule has 8 heteroatoms. The van der Waals surface area contributed by atoms with Crippen LogP contribution in [0.5, 0.6) is 0 Å². The molecule has 0 unspecified atom stereocenters. The second-order valence-electron chi connectivity index (χ2n) is 8.37. The van der Waals surface area contributed by atoms with Gasteiger partial charge in [-0.1, -0.05) is 11.8 Å². The van der Waals surface area contributed by atoms with E-state index in [9.17, 15) is 0 Å². The molecule has 2 aromatic rings. The zero-order chi connectivity index (χ0) is 20.6. The standard InChI is InChI=1S/C22H25N5O3/c23-18(11-27(24)12-19-28-13-22(9-10-22)14-29-19)21-26-25-20(30-21)17-7-5-16(6-8-17)4-3-15-1-2-15/h5-8,11,15,19H,1-2,9-10,12-14,23-24H2/b18-11-. The van der Waals surface area contributed by atoms with Crippen LogP contribution in [0.15, 0.2) is 34.9 Å². The van der Waals surface area contributed by atoms with E-state index in [1.165, 1.54) is 30.7 Å². The first-order chi connectivity index (χ1) is 14.6. The van der Waals surface area contributed by atoms with Gasteiger partial charge in [-0.05, 0) is 49.9 Å². The van der Waals surface area contributed by atoms with E-state index < -0.39 is 0 Å². The maximum atomic E-state index is 6.09. The van der Waals surface area contributed by atoms with Gasteiger partial charge in [0.25, 0.3) is 5.89 Å². The number of aromatic nitrogens is 2. The maximum absolute atomic E-state index is 6.09. The van der Waals surface area contributed by atoms with Gasteiger partial charge < -0.3 is 24.6 Å². The Hall–Kier alpha value is -2.86. The van der Waals surface area contributed by atoms with Crippen LogP contribution < -0.4 is 11.6 Å². The highest BCUT2D eigenvalue weighted by Crippen LogP contribution is 2.48. The van der Waals surface area contributed by atoms with Crippen LogP contribution >= 0.6 is 0 Å². The first kappa shape index (κ1) is 19.1. The molecular formula is C22H25N5O3. The molecule has 1 aromatic carbocycles.